The van der Waals surface area contributed by atoms with Crippen LogP contribution in [0.4, 0.5) is 11.6 Å². The summed E-state index contributed by atoms with van der Waals surface area (Å²) in [7, 11) is 1.65. The number of fused-ring (bicyclic) bond motifs is 1. The molecule has 0 aliphatic heterocycles. The fourth-order valence-electron chi connectivity index (χ4n) is 3.53. The minimum atomic E-state index is -0.0170. The van der Waals surface area contributed by atoms with E-state index in [9.17, 15) is 4.79 Å². The van der Waals surface area contributed by atoms with E-state index in [4.69, 9.17) is 10.5 Å². The number of nitrogens with one attached hydrogen (secondary N) is 1. The van der Waals surface area contributed by atoms with E-state index in [2.05, 4.69) is 27.2 Å². The Balaban J connectivity index is 1.64. The number of pyridine rings is 3. The van der Waals surface area contributed by atoms with Gasteiger partial charge in [0.05, 0.1) is 5.69 Å². The van der Waals surface area contributed by atoms with Crippen molar-refractivity contribution in [1.29, 1.82) is 0 Å². The summed E-state index contributed by atoms with van der Waals surface area (Å²) in [6.45, 7) is 2.70. The summed E-state index contributed by atoms with van der Waals surface area (Å²) in [4.78, 5) is 25.5. The maximum Gasteiger partial charge on any atom is 0.229 e. The molecule has 0 aromatic carbocycles. The number of amides is 1. The minimum absolute atomic E-state index is 0.00183. The van der Waals surface area contributed by atoms with Crippen molar-refractivity contribution >= 4 is 28.3 Å². The van der Waals surface area contributed by atoms with Crippen molar-refractivity contribution < 1.29 is 9.53 Å². The maximum absolute atomic E-state index is 12.4. The van der Waals surface area contributed by atoms with Crippen LogP contribution in [0.2, 0.25) is 0 Å². The molecule has 4 rings (SSSR count). The number of nitrogens with two attached hydrogens (primary N) is 1. The average molecular weight is 377 g/mol. The molecule has 1 fully saturated rings. The number of carbonyl (C=O) groups is 1. The first-order chi connectivity index (χ1) is 13.6. The lowest BCUT2D eigenvalue weighted by molar-refractivity contribution is -0.117. The van der Waals surface area contributed by atoms with Crippen molar-refractivity contribution in [3.05, 3.63) is 42.4 Å². The number of ether oxygens (including phenoxy) is 1. The minimum Gasteiger partial charge on any atom is -0.384 e. The predicted molar refractivity (Wildman–Crippen MR) is 109 cm³/mol. The summed E-state index contributed by atoms with van der Waals surface area (Å²) in [5, 5.41) is 4.54. The molecular formula is C21H23N5O2. The number of methoxy groups -OCH3 is 1. The molecule has 0 saturated heterocycles. The van der Waals surface area contributed by atoms with Crippen LogP contribution in [0.25, 0.3) is 22.0 Å². The number of aryl methyl sites for hydroxylation is 1. The number of anilines is 2. The van der Waals surface area contributed by atoms with Gasteiger partial charge in [0.15, 0.2) is 0 Å². The molecule has 1 amide bonds. The summed E-state index contributed by atoms with van der Waals surface area (Å²) in [6.07, 6.45) is 6.97. The van der Waals surface area contributed by atoms with Crippen molar-refractivity contribution in [1.82, 2.24) is 15.0 Å². The van der Waals surface area contributed by atoms with Gasteiger partial charge in [-0.2, -0.15) is 0 Å². The highest BCUT2D eigenvalue weighted by molar-refractivity contribution is 5.98. The van der Waals surface area contributed by atoms with Crippen LogP contribution in [0.15, 0.2) is 36.8 Å². The van der Waals surface area contributed by atoms with E-state index in [1.807, 2.05) is 18.2 Å². The number of hydrogen-bond donors (Lipinski definition) is 2. The van der Waals surface area contributed by atoms with Crippen molar-refractivity contribution in [2.45, 2.75) is 19.8 Å². The van der Waals surface area contributed by atoms with Gasteiger partial charge in [-0.15, -0.1) is 0 Å². The van der Waals surface area contributed by atoms with Crippen LogP contribution in [0.3, 0.4) is 0 Å². The first-order valence-electron chi connectivity index (χ1n) is 9.40. The van der Waals surface area contributed by atoms with Crippen molar-refractivity contribution in [2.24, 2.45) is 11.8 Å². The summed E-state index contributed by atoms with van der Waals surface area (Å²) in [5.41, 5.74) is 9.05. The Morgan fingerprint density at radius 2 is 2.21 bits per heavy atom. The molecule has 0 unspecified atom stereocenters. The van der Waals surface area contributed by atoms with Crippen LogP contribution in [0, 0.1) is 11.8 Å². The van der Waals surface area contributed by atoms with Gasteiger partial charge in [0.2, 0.25) is 5.91 Å². The van der Waals surface area contributed by atoms with Gasteiger partial charge in [-0.3, -0.25) is 9.78 Å². The highest BCUT2D eigenvalue weighted by Gasteiger charge is 2.42. The third-order valence-corrected chi connectivity index (χ3v) is 5.20. The van der Waals surface area contributed by atoms with Gasteiger partial charge in [-0.25, -0.2) is 9.97 Å². The van der Waals surface area contributed by atoms with Crippen LogP contribution in [0.1, 0.15) is 18.9 Å². The van der Waals surface area contributed by atoms with Gasteiger partial charge in [-0.1, -0.05) is 6.92 Å². The Hall–Kier alpha value is -3.06. The van der Waals surface area contributed by atoms with E-state index in [1.54, 1.807) is 25.7 Å². The van der Waals surface area contributed by atoms with Gasteiger partial charge in [0.25, 0.3) is 0 Å². The molecule has 144 valence electrons. The maximum atomic E-state index is 12.4. The van der Waals surface area contributed by atoms with E-state index in [-0.39, 0.29) is 11.8 Å². The second-order valence-electron chi connectivity index (χ2n) is 7.12. The smallest absolute Gasteiger partial charge is 0.229 e. The van der Waals surface area contributed by atoms with Crippen LogP contribution in [-0.4, -0.2) is 34.6 Å². The van der Waals surface area contributed by atoms with Crippen LogP contribution < -0.4 is 11.1 Å². The normalized spacial score (nSPS) is 18.2. The molecule has 7 nitrogen and oxygen atoms in total. The number of hydrogen-bond acceptors (Lipinski definition) is 6. The average Bonchev–Trinajstić information content (AvgIpc) is 3.47. The summed E-state index contributed by atoms with van der Waals surface area (Å²) in [5.74, 6) is 1.20. The second kappa shape index (κ2) is 7.52. The third kappa shape index (κ3) is 3.53. The zero-order valence-electron chi connectivity index (χ0n) is 16.0. The Labute approximate surface area is 163 Å². The number of rotatable bonds is 6. The van der Waals surface area contributed by atoms with E-state index in [0.29, 0.717) is 24.2 Å². The summed E-state index contributed by atoms with van der Waals surface area (Å²) >= 11 is 0. The zero-order chi connectivity index (χ0) is 19.7. The molecule has 2 atom stereocenters. The lowest BCUT2D eigenvalue weighted by Crippen LogP contribution is -2.16. The standard InChI is InChI=1S/C21H23N5O2/c1-3-12-4-5-23-9-16(12)18-7-13-8-19(24-10-17(13)20(22)25-18)26-21(27)15-6-14(15)11-28-2/h4-5,7-10,14-15H,3,6,11H2,1-2H3,(H2,22,25)(H,24,26,27)/t14-,15+/m1/s1. The Morgan fingerprint density at radius 3 is 3.00 bits per heavy atom. The molecule has 3 N–H and O–H groups in total. The fourth-order valence-corrected chi connectivity index (χ4v) is 3.53. The molecule has 1 aliphatic rings. The summed E-state index contributed by atoms with van der Waals surface area (Å²) in [6, 6.07) is 5.79. The Bertz CT molecular complexity index is 1040. The fraction of sp³-hybridized carbons (Fsp3) is 0.333. The zero-order valence-corrected chi connectivity index (χ0v) is 16.0. The quantitative estimate of drug-likeness (QED) is 0.684. The van der Waals surface area contributed by atoms with E-state index < -0.39 is 0 Å². The lowest BCUT2D eigenvalue weighted by atomic mass is 10.0. The summed E-state index contributed by atoms with van der Waals surface area (Å²) < 4.78 is 5.12. The molecule has 28 heavy (non-hydrogen) atoms. The number of aromatic nitrogens is 3. The monoisotopic (exact) mass is 377 g/mol. The number of nitrogens with zero attached hydrogens (tertiary/aromatic N) is 3. The van der Waals surface area contributed by atoms with Gasteiger partial charge in [-0.05, 0) is 47.9 Å². The second-order valence-corrected chi connectivity index (χ2v) is 7.12. The molecule has 3 aromatic heterocycles. The van der Waals surface area contributed by atoms with Crippen LogP contribution in [-0.2, 0) is 16.0 Å². The third-order valence-electron chi connectivity index (χ3n) is 5.20. The first kappa shape index (κ1) is 18.3. The lowest BCUT2D eigenvalue weighted by Gasteiger charge is -2.11. The predicted octanol–water partition coefficient (Wildman–Crippen LogP) is 3.06. The van der Waals surface area contributed by atoms with Crippen LogP contribution in [0.5, 0.6) is 0 Å². The van der Waals surface area contributed by atoms with Gasteiger partial charge in [0.1, 0.15) is 11.6 Å². The van der Waals surface area contributed by atoms with Gasteiger partial charge < -0.3 is 15.8 Å². The van der Waals surface area contributed by atoms with Crippen molar-refractivity contribution in [3.63, 3.8) is 0 Å². The molecule has 3 heterocycles. The molecule has 0 radical (unpaired) electrons. The van der Waals surface area contributed by atoms with Crippen molar-refractivity contribution in [2.75, 3.05) is 24.8 Å². The SMILES string of the molecule is CCc1ccncc1-c1cc2cc(NC(=O)[C@H]3C[C@@H]3COC)ncc2c(N)n1. The van der Waals surface area contributed by atoms with E-state index >= 15 is 0 Å². The molecule has 7 heteroatoms. The first-order valence-corrected chi connectivity index (χ1v) is 9.40. The molecular weight excluding hydrogens is 354 g/mol. The largest absolute Gasteiger partial charge is 0.384 e. The van der Waals surface area contributed by atoms with E-state index in [0.717, 1.165) is 40.4 Å². The Morgan fingerprint density at radius 1 is 1.36 bits per heavy atom. The highest BCUT2D eigenvalue weighted by atomic mass is 16.5. The molecule has 0 spiro atoms. The topological polar surface area (TPSA) is 103 Å². The highest BCUT2D eigenvalue weighted by Crippen LogP contribution is 2.39. The van der Waals surface area contributed by atoms with E-state index in [1.165, 1.54) is 0 Å². The molecule has 0 bridgehead atoms. The van der Waals surface area contributed by atoms with Crippen molar-refractivity contribution in [3.8, 4) is 11.3 Å². The molecule has 1 aliphatic carbocycles. The number of nitrogen functional groups attached to an aromatic ring is 1. The molecule has 3 aromatic rings. The van der Waals surface area contributed by atoms with Gasteiger partial charge in [0, 0.05) is 49.2 Å². The van der Waals surface area contributed by atoms with Gasteiger partial charge >= 0.3 is 0 Å². The Kier molecular flexibility index (Phi) is 4.92. The number of carbonyl (C=O) groups excluding carboxylic acids is 1. The molecule has 1 saturated carbocycles. The van der Waals surface area contributed by atoms with Crippen LogP contribution >= 0.6 is 0 Å².